The Morgan fingerprint density at radius 3 is 2.47 bits per heavy atom. The normalized spacial score (nSPS) is 14.0. The van der Waals surface area contributed by atoms with Gasteiger partial charge >= 0.3 is 6.09 Å². The molecule has 0 bridgehead atoms. The summed E-state index contributed by atoms with van der Waals surface area (Å²) in [5.41, 5.74) is 1.99. The number of halogens is 2. The van der Waals surface area contributed by atoms with Gasteiger partial charge in [-0.2, -0.15) is 0 Å². The minimum atomic E-state index is -0.624. The van der Waals surface area contributed by atoms with Crippen LogP contribution in [0.4, 0.5) is 4.79 Å². The van der Waals surface area contributed by atoms with Crippen LogP contribution >= 0.6 is 27.5 Å². The van der Waals surface area contributed by atoms with Crippen LogP contribution in [0.5, 0.6) is 0 Å². The molecule has 1 heterocycles. The summed E-state index contributed by atoms with van der Waals surface area (Å²) in [7, 11) is 0. The van der Waals surface area contributed by atoms with Gasteiger partial charge in [0.1, 0.15) is 11.2 Å². The van der Waals surface area contributed by atoms with Crippen molar-refractivity contribution in [3.63, 3.8) is 0 Å². The Morgan fingerprint density at radius 1 is 1.13 bits per heavy atom. The van der Waals surface area contributed by atoms with Crippen LogP contribution in [0, 0.1) is 0 Å². The van der Waals surface area contributed by atoms with Crippen molar-refractivity contribution in [1.29, 1.82) is 0 Å². The summed E-state index contributed by atoms with van der Waals surface area (Å²) in [4.78, 5) is 38.8. The number of alkyl carbamates (subject to hydrolysis) is 1. The van der Waals surface area contributed by atoms with Crippen molar-refractivity contribution in [1.82, 2.24) is 15.2 Å². The Balaban J connectivity index is 1.58. The van der Waals surface area contributed by atoms with Gasteiger partial charge in [0.25, 0.3) is 11.5 Å². The zero-order valence-electron chi connectivity index (χ0n) is 21.6. The van der Waals surface area contributed by atoms with E-state index in [-0.39, 0.29) is 18.7 Å². The number of pyridine rings is 1. The number of benzene rings is 2. The first-order valence-corrected chi connectivity index (χ1v) is 13.7. The number of rotatable bonds is 8. The maximum Gasteiger partial charge on any atom is 0.407 e. The highest BCUT2D eigenvalue weighted by molar-refractivity contribution is 9.10. The van der Waals surface area contributed by atoms with Crippen molar-refractivity contribution in [2.45, 2.75) is 57.7 Å². The molecule has 4 rings (SSSR count). The van der Waals surface area contributed by atoms with Crippen LogP contribution in [0.25, 0.3) is 0 Å². The summed E-state index contributed by atoms with van der Waals surface area (Å²) >= 11 is 9.55. The van der Waals surface area contributed by atoms with Crippen molar-refractivity contribution < 1.29 is 14.3 Å². The van der Waals surface area contributed by atoms with Crippen molar-refractivity contribution in [2.24, 2.45) is 0 Å². The van der Waals surface area contributed by atoms with Crippen LogP contribution in [0.2, 0.25) is 5.02 Å². The Bertz CT molecular complexity index is 1380. The zero-order valence-corrected chi connectivity index (χ0v) is 23.9. The fourth-order valence-corrected chi connectivity index (χ4v) is 4.87. The number of nitrogens with zero attached hydrogens (tertiary/aromatic N) is 1. The molecule has 7 nitrogen and oxygen atoms in total. The van der Waals surface area contributed by atoms with E-state index in [0.29, 0.717) is 15.4 Å². The molecule has 200 valence electrons. The molecule has 9 heteroatoms. The average Bonchev–Trinajstić information content (AvgIpc) is 3.69. The second-order valence-corrected chi connectivity index (χ2v) is 11.7. The molecule has 1 unspecified atom stereocenters. The molecule has 1 fully saturated rings. The Labute approximate surface area is 235 Å². The summed E-state index contributed by atoms with van der Waals surface area (Å²) in [6.45, 7) is 5.65. The summed E-state index contributed by atoms with van der Waals surface area (Å²) in [6, 6.07) is 16.5. The molecular formula is C29H31BrClN3O4. The van der Waals surface area contributed by atoms with Gasteiger partial charge in [-0.25, -0.2) is 4.79 Å². The number of hydrogen-bond acceptors (Lipinski definition) is 4. The van der Waals surface area contributed by atoms with Gasteiger partial charge < -0.3 is 19.9 Å². The van der Waals surface area contributed by atoms with Crippen LogP contribution in [0.15, 0.2) is 70.1 Å². The topological polar surface area (TPSA) is 89.4 Å². The van der Waals surface area contributed by atoms with Crippen LogP contribution in [0.1, 0.15) is 72.6 Å². The number of carbonyl (C=O) groups is 2. The Hall–Kier alpha value is -3.10. The highest BCUT2D eigenvalue weighted by atomic mass is 79.9. The van der Waals surface area contributed by atoms with Gasteiger partial charge in [0, 0.05) is 28.8 Å². The first-order chi connectivity index (χ1) is 18.0. The van der Waals surface area contributed by atoms with E-state index in [2.05, 4.69) is 32.6 Å². The standard InChI is InChI=1S/C29H31BrClN3O4/c1-29(2,3)38-28(37)32-14-15-34-17-20(30)16-24(27(34)36)26(35)33-25(19-10-12-21(31)13-11-19)23-7-5-4-6-22(23)18-8-9-18/h4-7,10-13,16-18,25H,8-9,14-15H2,1-3H3,(H,32,37)(H,33,35). The molecule has 1 atom stereocenters. The van der Waals surface area contributed by atoms with Crippen molar-refractivity contribution in [3.05, 3.63) is 103 Å². The first-order valence-electron chi connectivity index (χ1n) is 12.5. The van der Waals surface area contributed by atoms with Crippen LogP contribution in [-0.4, -0.2) is 28.7 Å². The first kappa shape index (κ1) is 27.9. The lowest BCUT2D eigenvalue weighted by atomic mass is 9.92. The van der Waals surface area contributed by atoms with Crippen molar-refractivity contribution >= 4 is 39.5 Å². The molecule has 2 amide bonds. The molecule has 2 N–H and O–H groups in total. The molecule has 3 aromatic rings. The molecule has 1 saturated carbocycles. The van der Waals surface area contributed by atoms with Crippen molar-refractivity contribution in [2.75, 3.05) is 6.54 Å². The predicted molar refractivity (Wildman–Crippen MR) is 152 cm³/mol. The fourth-order valence-electron chi connectivity index (χ4n) is 4.27. The minimum Gasteiger partial charge on any atom is -0.444 e. The summed E-state index contributed by atoms with van der Waals surface area (Å²) in [5, 5.41) is 6.34. The zero-order chi connectivity index (χ0) is 27.4. The smallest absolute Gasteiger partial charge is 0.407 e. The third kappa shape index (κ3) is 7.26. The minimum absolute atomic E-state index is 0.000454. The van der Waals surface area contributed by atoms with E-state index in [9.17, 15) is 14.4 Å². The molecule has 1 aliphatic rings. The molecule has 1 aliphatic carbocycles. The molecule has 0 radical (unpaired) electrons. The van der Waals surface area contributed by atoms with Gasteiger partial charge in [-0.1, -0.05) is 48.0 Å². The second-order valence-electron chi connectivity index (χ2n) is 10.4. The van der Waals surface area contributed by atoms with E-state index in [1.807, 2.05) is 30.3 Å². The second kappa shape index (κ2) is 11.7. The van der Waals surface area contributed by atoms with E-state index < -0.39 is 29.2 Å². The summed E-state index contributed by atoms with van der Waals surface area (Å²) in [6.07, 6.45) is 3.26. The van der Waals surface area contributed by atoms with E-state index in [1.54, 1.807) is 39.1 Å². The van der Waals surface area contributed by atoms with E-state index in [1.165, 1.54) is 16.2 Å². The largest absolute Gasteiger partial charge is 0.444 e. The van der Waals surface area contributed by atoms with Gasteiger partial charge in [-0.15, -0.1) is 0 Å². The lowest BCUT2D eigenvalue weighted by molar-refractivity contribution is 0.0525. The Morgan fingerprint density at radius 2 is 1.82 bits per heavy atom. The van der Waals surface area contributed by atoms with Gasteiger partial charge in [0.05, 0.1) is 6.04 Å². The highest BCUT2D eigenvalue weighted by Gasteiger charge is 2.30. The average molecular weight is 601 g/mol. The van der Waals surface area contributed by atoms with Gasteiger partial charge in [-0.3, -0.25) is 9.59 Å². The van der Waals surface area contributed by atoms with Crippen LogP contribution < -0.4 is 16.2 Å². The molecule has 0 spiro atoms. The van der Waals surface area contributed by atoms with E-state index >= 15 is 0 Å². The molecule has 0 saturated heterocycles. The summed E-state index contributed by atoms with van der Waals surface area (Å²) < 4.78 is 7.20. The number of amides is 2. The quantitative estimate of drug-likeness (QED) is 0.323. The van der Waals surface area contributed by atoms with Crippen molar-refractivity contribution in [3.8, 4) is 0 Å². The van der Waals surface area contributed by atoms with Gasteiger partial charge in [0.2, 0.25) is 0 Å². The molecule has 0 aliphatic heterocycles. The maximum atomic E-state index is 13.6. The third-order valence-corrected chi connectivity index (χ3v) is 6.81. The van der Waals surface area contributed by atoms with Gasteiger partial charge in [0.15, 0.2) is 0 Å². The molecule has 38 heavy (non-hydrogen) atoms. The number of hydrogen-bond donors (Lipinski definition) is 2. The fraction of sp³-hybridized carbons (Fsp3) is 0.345. The van der Waals surface area contributed by atoms with Gasteiger partial charge in [-0.05, 0) is 90.4 Å². The molecule has 1 aromatic heterocycles. The lowest BCUT2D eigenvalue weighted by Crippen LogP contribution is -2.38. The van der Waals surface area contributed by atoms with Crippen LogP contribution in [0.3, 0.4) is 0 Å². The number of nitrogens with one attached hydrogen (secondary N) is 2. The molecular weight excluding hydrogens is 570 g/mol. The number of ether oxygens (including phenoxy) is 1. The summed E-state index contributed by atoms with van der Waals surface area (Å²) in [5.74, 6) is -0.0193. The predicted octanol–water partition coefficient (Wildman–Crippen LogP) is 6.19. The van der Waals surface area contributed by atoms with Crippen LogP contribution in [-0.2, 0) is 11.3 Å². The monoisotopic (exact) mass is 599 g/mol. The van der Waals surface area contributed by atoms with E-state index in [0.717, 1.165) is 24.0 Å². The molecule has 2 aromatic carbocycles. The Kier molecular flexibility index (Phi) is 8.63. The maximum absolute atomic E-state index is 13.6. The third-order valence-electron chi connectivity index (χ3n) is 6.12. The SMILES string of the molecule is CC(C)(C)OC(=O)NCCn1cc(Br)cc(C(=O)NC(c2ccc(Cl)cc2)c2ccccc2C2CC2)c1=O. The number of aromatic nitrogens is 1. The lowest BCUT2D eigenvalue weighted by Gasteiger charge is -2.23. The number of carbonyl (C=O) groups excluding carboxylic acids is 2. The van der Waals surface area contributed by atoms with E-state index in [4.69, 9.17) is 16.3 Å². The highest BCUT2D eigenvalue weighted by Crippen LogP contribution is 2.43.